The molecule has 2 aromatic carbocycles. The number of aliphatic carboxylic acids is 1. The van der Waals surface area contributed by atoms with Crippen molar-refractivity contribution in [2.24, 2.45) is 23.7 Å². The first-order valence-corrected chi connectivity index (χ1v) is 17.1. The van der Waals surface area contributed by atoms with Crippen molar-refractivity contribution in [1.29, 1.82) is 0 Å². The zero-order valence-corrected chi connectivity index (χ0v) is 28.5. The topological polar surface area (TPSA) is 157 Å². The second-order valence-electron chi connectivity index (χ2n) is 13.3. The molecule has 1 saturated carbocycles. The molecule has 2 saturated heterocycles. The van der Waals surface area contributed by atoms with Crippen molar-refractivity contribution in [1.82, 2.24) is 14.9 Å². The van der Waals surface area contributed by atoms with E-state index in [2.05, 4.69) is 10.4 Å². The second-order valence-corrected chi connectivity index (χ2v) is 14.2. The number of allylic oxidation sites excluding steroid dienone is 2. The van der Waals surface area contributed by atoms with Crippen LogP contribution in [0.1, 0.15) is 48.3 Å². The van der Waals surface area contributed by atoms with Gasteiger partial charge in [-0.05, 0) is 66.6 Å². The van der Waals surface area contributed by atoms with E-state index >= 15 is 4.79 Å². The molecule has 0 radical (unpaired) electrons. The Morgan fingerprint density at radius 2 is 1.73 bits per heavy atom. The predicted molar refractivity (Wildman–Crippen MR) is 179 cm³/mol. The Hall–Kier alpha value is -4.95. The number of rotatable bonds is 8. The number of carboxylic acid groups (broad SMARTS) is 1. The van der Waals surface area contributed by atoms with E-state index in [4.69, 9.17) is 28.3 Å². The number of anilines is 1. The van der Waals surface area contributed by atoms with Crippen molar-refractivity contribution >= 4 is 58.6 Å². The van der Waals surface area contributed by atoms with Crippen molar-refractivity contribution in [2.75, 3.05) is 12.0 Å². The van der Waals surface area contributed by atoms with Gasteiger partial charge in [0.25, 0.3) is 11.8 Å². The van der Waals surface area contributed by atoms with Gasteiger partial charge in [-0.3, -0.25) is 34.3 Å². The van der Waals surface area contributed by atoms with Crippen molar-refractivity contribution in [3.8, 4) is 5.75 Å². The molecule has 4 aliphatic rings. The summed E-state index contributed by atoms with van der Waals surface area (Å²) in [5.41, 5.74) is 1.07. The lowest BCUT2D eigenvalue weighted by atomic mass is 9.49. The molecule has 2 aliphatic carbocycles. The van der Waals surface area contributed by atoms with Gasteiger partial charge in [-0.2, -0.15) is 18.2 Å². The zero-order valence-electron chi connectivity index (χ0n) is 26.9. The van der Waals surface area contributed by atoms with Crippen LogP contribution >= 0.6 is 23.2 Å². The van der Waals surface area contributed by atoms with Gasteiger partial charge < -0.3 is 10.2 Å². The van der Waals surface area contributed by atoms with Crippen LogP contribution in [0.3, 0.4) is 0 Å². The van der Waals surface area contributed by atoms with Gasteiger partial charge in [0.15, 0.2) is 5.82 Å². The zero-order chi connectivity index (χ0) is 37.3. The highest BCUT2D eigenvalue weighted by molar-refractivity contribution is 6.33. The molecule has 7 rings (SSSR count). The van der Waals surface area contributed by atoms with Gasteiger partial charge in [0, 0.05) is 30.1 Å². The first-order valence-electron chi connectivity index (χ1n) is 16.3. The molecule has 0 spiro atoms. The summed E-state index contributed by atoms with van der Waals surface area (Å²) in [6, 6.07) is 13.1. The summed E-state index contributed by atoms with van der Waals surface area (Å²) in [6.45, 7) is -0.0941. The minimum absolute atomic E-state index is 0.0551. The number of phenols is 1. The quantitative estimate of drug-likeness (QED) is 0.186. The molecular weight excluding hydrogens is 728 g/mol. The number of hydrazine groups is 1. The van der Waals surface area contributed by atoms with Crippen LogP contribution in [-0.4, -0.2) is 61.2 Å². The highest BCUT2D eigenvalue weighted by Gasteiger charge is 2.70. The van der Waals surface area contributed by atoms with E-state index < -0.39 is 81.4 Å². The van der Waals surface area contributed by atoms with Crippen LogP contribution in [0.4, 0.5) is 19.0 Å². The number of nitrogens with zero attached hydrogens (tertiary/aromatic N) is 3. The van der Waals surface area contributed by atoms with Gasteiger partial charge in [-0.15, -0.1) is 0 Å². The summed E-state index contributed by atoms with van der Waals surface area (Å²) in [6.07, 6.45) is -2.58. The molecule has 2 aliphatic heterocycles. The number of amides is 4. The number of carbonyl (C=O) groups is 5. The fraction of sp³-hybridized carbons (Fsp3) is 0.333. The largest absolute Gasteiger partial charge is 0.508 e. The van der Waals surface area contributed by atoms with E-state index in [0.717, 1.165) is 4.90 Å². The van der Waals surface area contributed by atoms with Gasteiger partial charge in [-0.1, -0.05) is 59.1 Å². The minimum atomic E-state index is -4.76. The third kappa shape index (κ3) is 5.59. The first kappa shape index (κ1) is 35.5. The summed E-state index contributed by atoms with van der Waals surface area (Å²) in [5, 5.41) is 20.3. The van der Waals surface area contributed by atoms with Crippen LogP contribution in [-0.2, 0) is 35.6 Å². The minimum Gasteiger partial charge on any atom is -0.508 e. The molecular formula is C36H29Cl2F3N4O7. The molecule has 3 N–H and O–H groups in total. The van der Waals surface area contributed by atoms with E-state index in [1.807, 2.05) is 6.08 Å². The molecule has 0 bridgehead atoms. The average Bonchev–Trinajstić information content (AvgIpc) is 3.46. The average molecular weight is 758 g/mol. The first-order chi connectivity index (χ1) is 24.6. The number of alkyl halides is 3. The van der Waals surface area contributed by atoms with Gasteiger partial charge in [-0.25, -0.2) is 4.98 Å². The lowest BCUT2D eigenvalue weighted by molar-refractivity contribution is -0.142. The van der Waals surface area contributed by atoms with Crippen molar-refractivity contribution < 1.29 is 47.4 Å². The van der Waals surface area contributed by atoms with Gasteiger partial charge in [0.05, 0.1) is 33.8 Å². The monoisotopic (exact) mass is 756 g/mol. The molecule has 0 unspecified atom stereocenters. The number of benzene rings is 2. The lowest BCUT2D eigenvalue weighted by Gasteiger charge is -2.50. The number of fused-ring (bicyclic) bond motifs is 4. The summed E-state index contributed by atoms with van der Waals surface area (Å²) >= 11 is 12.5. The second kappa shape index (κ2) is 12.9. The predicted octanol–water partition coefficient (Wildman–Crippen LogP) is 5.96. The number of hydrogen-bond donors (Lipinski definition) is 3. The molecule has 3 fully saturated rings. The summed E-state index contributed by atoms with van der Waals surface area (Å²) < 4.78 is 40.2. The van der Waals surface area contributed by atoms with Crippen molar-refractivity contribution in [2.45, 2.75) is 43.2 Å². The number of carboxylic acids is 1. The van der Waals surface area contributed by atoms with Gasteiger partial charge in [0.2, 0.25) is 11.8 Å². The van der Waals surface area contributed by atoms with Crippen molar-refractivity contribution in [3.05, 3.63) is 99.2 Å². The Bertz CT molecular complexity index is 2060. The van der Waals surface area contributed by atoms with E-state index in [0.29, 0.717) is 39.0 Å². The number of likely N-dealkylation sites (tertiary alicyclic amines) is 1. The third-order valence-electron chi connectivity index (χ3n) is 10.6. The molecule has 52 heavy (non-hydrogen) atoms. The molecule has 6 atom stereocenters. The maximum absolute atomic E-state index is 15.1. The molecule has 11 nitrogen and oxygen atoms in total. The standard InChI is InChI=1S/C36H29Cl2F3N4O7/c37-20-8-6-18(7-9-20)35-25(32(50)45(34(35)52)43-30-26(38)14-19(16-42-30)36(39,40)41)15-24-22(29(35)17-3-1-4-21(46)13-17)10-11-23-28(24)33(51)44(31(23)49)12-2-5-27(47)48/h1,3-4,6-10,13-14,16,23-25,28-29,46H,2,5,11-12,15H2,(H,42,43)(H,47,48)/t23-,24+,25-,28-,29-,35+/m0/s1. The molecule has 3 heterocycles. The smallest absolute Gasteiger partial charge is 0.417 e. The maximum Gasteiger partial charge on any atom is 0.417 e. The fourth-order valence-corrected chi connectivity index (χ4v) is 8.87. The van der Waals surface area contributed by atoms with E-state index in [1.54, 1.807) is 36.4 Å². The lowest BCUT2D eigenvalue weighted by Crippen LogP contribution is -2.53. The van der Waals surface area contributed by atoms with Crippen LogP contribution in [0.2, 0.25) is 10.0 Å². The number of hydrogen-bond acceptors (Lipinski definition) is 8. The highest BCUT2D eigenvalue weighted by atomic mass is 35.5. The van der Waals surface area contributed by atoms with Gasteiger partial charge >= 0.3 is 12.1 Å². The molecule has 1 aromatic heterocycles. The summed E-state index contributed by atoms with van der Waals surface area (Å²) in [7, 11) is 0. The Labute approximate surface area is 304 Å². The Kier molecular flexibility index (Phi) is 8.81. The number of halogens is 5. The van der Waals surface area contributed by atoms with Crippen LogP contribution in [0, 0.1) is 23.7 Å². The third-order valence-corrected chi connectivity index (χ3v) is 11.2. The normalized spacial score (nSPS) is 26.9. The number of pyridine rings is 1. The fourth-order valence-electron chi connectivity index (χ4n) is 8.54. The number of aromatic hydroxyl groups is 1. The van der Waals surface area contributed by atoms with Crippen LogP contribution < -0.4 is 5.43 Å². The van der Waals surface area contributed by atoms with Gasteiger partial charge in [0.1, 0.15) is 5.75 Å². The van der Waals surface area contributed by atoms with E-state index in [-0.39, 0.29) is 43.8 Å². The number of aromatic nitrogens is 1. The molecule has 270 valence electrons. The highest BCUT2D eigenvalue weighted by Crippen LogP contribution is 2.64. The Morgan fingerprint density at radius 1 is 1.00 bits per heavy atom. The van der Waals surface area contributed by atoms with Crippen molar-refractivity contribution in [3.63, 3.8) is 0 Å². The van der Waals surface area contributed by atoms with E-state index in [9.17, 15) is 37.5 Å². The number of phenolic OH excluding ortho intramolecular Hbond substituents is 1. The number of imide groups is 2. The Balaban J connectivity index is 1.38. The maximum atomic E-state index is 15.1. The number of carbonyl (C=O) groups excluding carboxylic acids is 4. The summed E-state index contributed by atoms with van der Waals surface area (Å²) in [4.78, 5) is 73.4. The molecule has 16 heteroatoms. The van der Waals surface area contributed by atoms with Crippen LogP contribution in [0.5, 0.6) is 5.75 Å². The SMILES string of the molecule is O=C(O)CCCN1C(=O)[C@H]2[C@H](CC=C3[C@H]2C[C@H]2C(=O)N(Nc4ncc(C(F)(F)F)cc4Cl)C(=O)[C@@]2(c2ccc(Cl)cc2)[C@H]3c2cccc(O)c2)C1=O. The molecule has 4 amide bonds. The van der Waals surface area contributed by atoms with E-state index in [1.165, 1.54) is 12.1 Å². The van der Waals surface area contributed by atoms with Crippen LogP contribution in [0.15, 0.2) is 72.4 Å². The molecule has 3 aromatic rings. The number of nitrogens with one attached hydrogen (secondary N) is 1. The van der Waals surface area contributed by atoms with Crippen LogP contribution in [0.25, 0.3) is 0 Å². The Morgan fingerprint density at radius 3 is 2.38 bits per heavy atom. The summed E-state index contributed by atoms with van der Waals surface area (Å²) in [5.74, 6) is -8.75.